The Morgan fingerprint density at radius 2 is 1.86 bits per heavy atom. The molecule has 6 heteroatoms. The van der Waals surface area contributed by atoms with Crippen LogP contribution < -0.4 is 5.32 Å². The lowest BCUT2D eigenvalue weighted by atomic mass is 10.2. The molecule has 1 fully saturated rings. The maximum atomic E-state index is 13.2. The minimum atomic E-state index is -0.110. The van der Waals surface area contributed by atoms with E-state index in [-0.39, 0.29) is 24.5 Å². The third-order valence-electron chi connectivity index (χ3n) is 5.07. The van der Waals surface area contributed by atoms with Gasteiger partial charge in [0.1, 0.15) is 6.54 Å². The Labute approximate surface area is 177 Å². The van der Waals surface area contributed by atoms with Gasteiger partial charge in [0, 0.05) is 28.9 Å². The van der Waals surface area contributed by atoms with Gasteiger partial charge >= 0.3 is 6.03 Å². The molecule has 29 heavy (non-hydrogen) atoms. The van der Waals surface area contributed by atoms with E-state index < -0.39 is 0 Å². The van der Waals surface area contributed by atoms with Crippen LogP contribution in [0, 0.1) is 6.92 Å². The van der Waals surface area contributed by atoms with E-state index in [1.165, 1.54) is 4.88 Å². The third kappa shape index (κ3) is 6.60. The Hall–Kier alpha value is -2.34. The molecule has 0 unspecified atom stereocenters. The molecule has 2 aromatic rings. The molecule has 0 saturated heterocycles. The second kappa shape index (κ2) is 10.4. The zero-order valence-electron chi connectivity index (χ0n) is 17.4. The maximum Gasteiger partial charge on any atom is 0.318 e. The molecule has 1 aromatic heterocycles. The Morgan fingerprint density at radius 3 is 2.48 bits per heavy atom. The first-order valence-electron chi connectivity index (χ1n) is 10.5. The lowest BCUT2D eigenvalue weighted by Crippen LogP contribution is -2.47. The highest BCUT2D eigenvalue weighted by molar-refractivity contribution is 7.11. The number of hydrogen-bond acceptors (Lipinski definition) is 3. The topological polar surface area (TPSA) is 52.7 Å². The van der Waals surface area contributed by atoms with E-state index in [1.807, 2.05) is 35.2 Å². The number of amides is 3. The van der Waals surface area contributed by atoms with Gasteiger partial charge in [-0.2, -0.15) is 0 Å². The molecule has 0 bridgehead atoms. The summed E-state index contributed by atoms with van der Waals surface area (Å²) in [6.07, 6.45) is 3.96. The van der Waals surface area contributed by atoms with Gasteiger partial charge < -0.3 is 15.1 Å². The number of carbonyl (C=O) groups excluding carboxylic acids is 2. The van der Waals surface area contributed by atoms with Crippen LogP contribution >= 0.6 is 11.3 Å². The molecule has 1 aliphatic carbocycles. The summed E-state index contributed by atoms with van der Waals surface area (Å²) in [7, 11) is 0. The highest BCUT2D eigenvalue weighted by atomic mass is 32.1. The summed E-state index contributed by atoms with van der Waals surface area (Å²) < 4.78 is 0. The van der Waals surface area contributed by atoms with Crippen molar-refractivity contribution in [2.45, 2.75) is 58.7 Å². The third-order valence-corrected chi connectivity index (χ3v) is 6.06. The molecule has 1 heterocycles. The van der Waals surface area contributed by atoms with Crippen molar-refractivity contribution in [3.05, 3.63) is 57.8 Å². The molecule has 1 aromatic carbocycles. The lowest BCUT2D eigenvalue weighted by Gasteiger charge is -2.28. The zero-order valence-corrected chi connectivity index (χ0v) is 18.2. The van der Waals surface area contributed by atoms with Crippen LogP contribution in [0.5, 0.6) is 0 Å². The fraction of sp³-hybridized carbons (Fsp3) is 0.478. The van der Waals surface area contributed by atoms with Crippen LogP contribution in [0.2, 0.25) is 0 Å². The minimum Gasteiger partial charge on any atom is -0.338 e. The molecular formula is C23H31N3O2S. The number of urea groups is 1. The summed E-state index contributed by atoms with van der Waals surface area (Å²) in [5, 5.41) is 2.97. The van der Waals surface area contributed by atoms with Crippen molar-refractivity contribution in [1.29, 1.82) is 0 Å². The van der Waals surface area contributed by atoms with Crippen LogP contribution in [-0.2, 0) is 17.9 Å². The van der Waals surface area contributed by atoms with Crippen LogP contribution in [-0.4, -0.2) is 40.9 Å². The summed E-state index contributed by atoms with van der Waals surface area (Å²) in [6, 6.07) is 14.3. The molecule has 1 aliphatic rings. The van der Waals surface area contributed by atoms with E-state index in [1.54, 1.807) is 16.2 Å². The second-order valence-electron chi connectivity index (χ2n) is 7.69. The fourth-order valence-electron chi connectivity index (χ4n) is 3.27. The first kappa shape index (κ1) is 21.4. The number of aryl methyl sites for hydroxylation is 1. The van der Waals surface area contributed by atoms with Crippen LogP contribution in [0.4, 0.5) is 4.79 Å². The molecule has 1 N–H and O–H groups in total. The number of rotatable bonds is 10. The second-order valence-corrected chi connectivity index (χ2v) is 9.06. The number of hydrogen-bond donors (Lipinski definition) is 1. The largest absolute Gasteiger partial charge is 0.338 e. The van der Waals surface area contributed by atoms with Crippen molar-refractivity contribution in [2.75, 3.05) is 13.1 Å². The average molecular weight is 414 g/mol. The average Bonchev–Trinajstić information content (AvgIpc) is 3.48. The van der Waals surface area contributed by atoms with Crippen molar-refractivity contribution in [1.82, 2.24) is 15.1 Å². The first-order chi connectivity index (χ1) is 14.1. The number of carbonyl (C=O) groups is 2. The van der Waals surface area contributed by atoms with Crippen LogP contribution in [0.15, 0.2) is 42.5 Å². The van der Waals surface area contributed by atoms with Gasteiger partial charge in [0.25, 0.3) is 0 Å². The van der Waals surface area contributed by atoms with Crippen LogP contribution in [0.1, 0.15) is 47.9 Å². The molecule has 0 aliphatic heterocycles. The van der Waals surface area contributed by atoms with Crippen molar-refractivity contribution < 1.29 is 9.59 Å². The lowest BCUT2D eigenvalue weighted by molar-refractivity contribution is -0.133. The van der Waals surface area contributed by atoms with Gasteiger partial charge in [-0.15, -0.1) is 11.3 Å². The molecule has 3 amide bonds. The highest BCUT2D eigenvalue weighted by Crippen LogP contribution is 2.27. The van der Waals surface area contributed by atoms with Gasteiger partial charge in [0.2, 0.25) is 5.91 Å². The van der Waals surface area contributed by atoms with E-state index in [0.29, 0.717) is 19.6 Å². The molecule has 0 radical (unpaired) electrons. The van der Waals surface area contributed by atoms with Gasteiger partial charge in [-0.1, -0.05) is 43.7 Å². The monoisotopic (exact) mass is 413 g/mol. The van der Waals surface area contributed by atoms with Gasteiger partial charge in [-0.05, 0) is 43.9 Å². The predicted octanol–water partition coefficient (Wildman–Crippen LogP) is 4.56. The summed E-state index contributed by atoms with van der Waals surface area (Å²) in [6.45, 7) is 6.10. The van der Waals surface area contributed by atoms with E-state index >= 15 is 0 Å². The molecule has 0 atom stereocenters. The Balaban J connectivity index is 1.69. The van der Waals surface area contributed by atoms with Crippen LogP contribution in [0.3, 0.4) is 0 Å². The van der Waals surface area contributed by atoms with E-state index in [9.17, 15) is 9.59 Å². The van der Waals surface area contributed by atoms with Gasteiger partial charge in [-0.25, -0.2) is 4.79 Å². The molecule has 5 nitrogen and oxygen atoms in total. The van der Waals surface area contributed by atoms with E-state index in [4.69, 9.17) is 0 Å². The summed E-state index contributed by atoms with van der Waals surface area (Å²) in [5.74, 6) is -0.00236. The number of unbranched alkanes of at least 4 members (excludes halogenated alkanes) is 1. The highest BCUT2D eigenvalue weighted by Gasteiger charge is 2.34. The van der Waals surface area contributed by atoms with Crippen molar-refractivity contribution in [3.63, 3.8) is 0 Å². The number of nitrogens with zero attached hydrogens (tertiary/aromatic N) is 2. The van der Waals surface area contributed by atoms with Gasteiger partial charge in [0.15, 0.2) is 0 Å². The zero-order chi connectivity index (χ0) is 20.6. The number of nitrogens with one attached hydrogen (secondary N) is 1. The first-order valence-corrected chi connectivity index (χ1v) is 11.3. The summed E-state index contributed by atoms with van der Waals surface area (Å²) in [5.41, 5.74) is 1.10. The van der Waals surface area contributed by atoms with E-state index in [0.717, 1.165) is 36.1 Å². The molecule has 1 saturated carbocycles. The van der Waals surface area contributed by atoms with Crippen molar-refractivity contribution >= 4 is 23.3 Å². The maximum absolute atomic E-state index is 13.2. The summed E-state index contributed by atoms with van der Waals surface area (Å²) >= 11 is 1.71. The van der Waals surface area contributed by atoms with Gasteiger partial charge in [-0.3, -0.25) is 4.79 Å². The quantitative estimate of drug-likeness (QED) is 0.581. The van der Waals surface area contributed by atoms with Crippen molar-refractivity contribution in [2.24, 2.45) is 0 Å². The Bertz CT molecular complexity index is 801. The standard InChI is InChI=1S/C23H31N3O2S/c1-3-4-14-24-23(28)26(20-11-12-20)17-22(27)25(15-19-8-6-5-7-9-19)16-21-13-10-18(2)29-21/h5-10,13,20H,3-4,11-12,14-17H2,1-2H3,(H,24,28). The number of benzene rings is 1. The van der Waals surface area contributed by atoms with E-state index in [2.05, 4.69) is 31.3 Å². The van der Waals surface area contributed by atoms with Crippen molar-refractivity contribution in [3.8, 4) is 0 Å². The molecular weight excluding hydrogens is 382 g/mol. The van der Waals surface area contributed by atoms with Gasteiger partial charge in [0.05, 0.1) is 6.54 Å². The molecule has 3 rings (SSSR count). The Kier molecular flexibility index (Phi) is 7.69. The number of thiophene rings is 1. The predicted molar refractivity (Wildman–Crippen MR) is 118 cm³/mol. The SMILES string of the molecule is CCCCNC(=O)N(CC(=O)N(Cc1ccccc1)Cc1ccc(C)s1)C1CC1. The fourth-order valence-corrected chi connectivity index (χ4v) is 4.17. The molecule has 156 valence electrons. The molecule has 0 spiro atoms. The van der Waals surface area contributed by atoms with Crippen LogP contribution in [0.25, 0.3) is 0 Å². The normalized spacial score (nSPS) is 13.2. The smallest absolute Gasteiger partial charge is 0.318 e. The Morgan fingerprint density at radius 1 is 1.10 bits per heavy atom. The summed E-state index contributed by atoms with van der Waals surface area (Å²) in [4.78, 5) is 31.9. The minimum absolute atomic E-state index is 0.00236.